The summed E-state index contributed by atoms with van der Waals surface area (Å²) in [6.07, 6.45) is 0. The molecule has 0 aliphatic rings. The molecule has 7 heteroatoms. The Balaban J connectivity index is 3.70. The van der Waals surface area contributed by atoms with Crippen LogP contribution in [0.2, 0.25) is 0 Å². The summed E-state index contributed by atoms with van der Waals surface area (Å²) >= 11 is 0. The molecule has 0 aromatic rings. The summed E-state index contributed by atoms with van der Waals surface area (Å²) in [5.74, 6) is 0. The van der Waals surface area contributed by atoms with Crippen LogP contribution in [0.4, 0.5) is 0 Å². The van der Waals surface area contributed by atoms with Crippen molar-refractivity contribution in [3.8, 4) is 0 Å². The van der Waals surface area contributed by atoms with Gasteiger partial charge in [-0.3, -0.25) is 9.09 Å². The largest absolute Gasteiger partial charge is 0.756 e. The molecule has 13 heavy (non-hydrogen) atoms. The minimum atomic E-state index is -4.29. The van der Waals surface area contributed by atoms with E-state index in [1.54, 1.807) is 0 Å². The molecule has 0 aromatic heterocycles. The van der Waals surface area contributed by atoms with Crippen LogP contribution in [0.5, 0.6) is 0 Å². The Morgan fingerprint density at radius 3 is 2.31 bits per heavy atom. The second kappa shape index (κ2) is 5.05. The normalized spacial score (nSPS) is 17.0. The maximum atomic E-state index is 10.7. The van der Waals surface area contributed by atoms with Gasteiger partial charge in [0.25, 0.3) is 7.82 Å². The van der Waals surface area contributed by atoms with Crippen LogP contribution >= 0.6 is 7.82 Å². The second-order valence-electron chi connectivity index (χ2n) is 3.55. The van der Waals surface area contributed by atoms with Crippen LogP contribution in [0.25, 0.3) is 0 Å². The van der Waals surface area contributed by atoms with Crippen LogP contribution in [0.15, 0.2) is 0 Å². The van der Waals surface area contributed by atoms with Crippen molar-refractivity contribution in [2.75, 3.05) is 41.1 Å². The van der Waals surface area contributed by atoms with Gasteiger partial charge in [0.05, 0.1) is 21.1 Å². The van der Waals surface area contributed by atoms with E-state index in [2.05, 4.69) is 9.05 Å². The number of aliphatic hydroxyl groups is 1. The molecule has 0 radical (unpaired) electrons. The van der Waals surface area contributed by atoms with Crippen LogP contribution in [-0.4, -0.2) is 50.7 Å². The Labute approximate surface area is 77.9 Å². The van der Waals surface area contributed by atoms with Gasteiger partial charge in [-0.05, 0) is 0 Å². The first-order chi connectivity index (χ1) is 5.77. The number of phosphoric ester groups is 1. The van der Waals surface area contributed by atoms with E-state index in [0.717, 1.165) is 0 Å². The number of aliphatic hydroxyl groups excluding tert-OH is 1. The zero-order valence-electron chi connectivity index (χ0n) is 8.10. The molecule has 80 valence electrons. The maximum Gasteiger partial charge on any atom is 0.270 e. The highest BCUT2D eigenvalue weighted by atomic mass is 31.2. The quantitative estimate of drug-likeness (QED) is 0.353. The zero-order chi connectivity index (χ0) is 10.5. The Morgan fingerprint density at radius 2 is 1.92 bits per heavy atom. The van der Waals surface area contributed by atoms with Crippen molar-refractivity contribution >= 4 is 7.82 Å². The molecule has 0 spiro atoms. The fourth-order valence-corrected chi connectivity index (χ4v) is 1.06. The summed E-state index contributed by atoms with van der Waals surface area (Å²) in [6.45, 7) is -0.295. The number of rotatable bonds is 6. The molecule has 6 nitrogen and oxygen atoms in total. The number of hydrogen-bond donors (Lipinski definition) is 1. The van der Waals surface area contributed by atoms with Crippen molar-refractivity contribution in [1.29, 1.82) is 0 Å². The summed E-state index contributed by atoms with van der Waals surface area (Å²) in [6, 6.07) is 0. The number of nitrogens with zero attached hydrogens (tertiary/aromatic N) is 1. The first-order valence-corrected chi connectivity index (χ1v) is 5.24. The van der Waals surface area contributed by atoms with Gasteiger partial charge >= 0.3 is 0 Å². The van der Waals surface area contributed by atoms with Gasteiger partial charge in [-0.2, -0.15) is 0 Å². The lowest BCUT2D eigenvalue weighted by molar-refractivity contribution is -0.870. The number of phosphoric acid groups is 1. The van der Waals surface area contributed by atoms with Crippen LogP contribution in [0.1, 0.15) is 0 Å². The Hall–Kier alpha value is 0.0300. The number of hydrogen-bond acceptors (Lipinski definition) is 5. The topological polar surface area (TPSA) is 78.8 Å². The van der Waals surface area contributed by atoms with E-state index in [4.69, 9.17) is 5.11 Å². The lowest BCUT2D eigenvalue weighted by Gasteiger charge is -2.26. The number of likely N-dealkylation sites (N-methyl/N-ethyl adjacent to an activating group) is 1. The molecule has 0 bridgehead atoms. The predicted molar refractivity (Wildman–Crippen MR) is 44.6 cm³/mol. The lowest BCUT2D eigenvalue weighted by atomic mass is 10.5. The van der Waals surface area contributed by atoms with E-state index in [0.29, 0.717) is 11.0 Å². The van der Waals surface area contributed by atoms with E-state index in [1.807, 2.05) is 21.1 Å². The molecule has 0 amide bonds. The van der Waals surface area contributed by atoms with Crippen molar-refractivity contribution in [3.63, 3.8) is 0 Å². The summed E-state index contributed by atoms with van der Waals surface area (Å²) in [5, 5.41) is 8.18. The zero-order valence-corrected chi connectivity index (χ0v) is 8.99. The van der Waals surface area contributed by atoms with Crippen molar-refractivity contribution in [2.45, 2.75) is 0 Å². The fourth-order valence-electron chi connectivity index (χ4n) is 0.534. The molecular formula is C6H16NO5P. The molecule has 0 saturated carbocycles. The molecule has 1 N–H and O–H groups in total. The van der Waals surface area contributed by atoms with Crippen LogP contribution in [0.3, 0.4) is 0 Å². The molecular weight excluding hydrogens is 197 g/mol. The molecule has 0 saturated heterocycles. The Bertz CT molecular complexity index is 190. The van der Waals surface area contributed by atoms with Gasteiger partial charge < -0.3 is 19.0 Å². The highest BCUT2D eigenvalue weighted by Crippen LogP contribution is 2.37. The van der Waals surface area contributed by atoms with Gasteiger partial charge in [-0.25, -0.2) is 0 Å². The third-order valence-corrected chi connectivity index (χ3v) is 2.16. The van der Waals surface area contributed by atoms with Gasteiger partial charge in [0.2, 0.25) is 0 Å². The van der Waals surface area contributed by atoms with Crippen molar-refractivity contribution < 1.29 is 28.1 Å². The predicted octanol–water partition coefficient (Wildman–Crippen LogP) is -0.856. The van der Waals surface area contributed by atoms with E-state index < -0.39 is 14.6 Å². The van der Waals surface area contributed by atoms with Crippen LogP contribution in [-0.2, 0) is 13.6 Å². The van der Waals surface area contributed by atoms with Crippen LogP contribution < -0.4 is 4.89 Å². The van der Waals surface area contributed by atoms with Gasteiger partial charge in [0.1, 0.15) is 13.2 Å². The molecule has 0 aromatic carbocycles. The Kier molecular flexibility index (Phi) is 5.06. The standard InChI is InChI=1S/C6H16NO5P/c1-7(2,3)4-5-11-13(9,10)12-6-8/h8H,4-6H2,1-3H3. The summed E-state index contributed by atoms with van der Waals surface area (Å²) in [4.78, 5) is 10.7. The highest BCUT2D eigenvalue weighted by molar-refractivity contribution is 7.45. The van der Waals surface area contributed by atoms with Crippen molar-refractivity contribution in [2.24, 2.45) is 0 Å². The molecule has 0 fully saturated rings. The van der Waals surface area contributed by atoms with Crippen LogP contribution in [0, 0.1) is 0 Å². The monoisotopic (exact) mass is 213 g/mol. The molecule has 0 heterocycles. The van der Waals surface area contributed by atoms with Crippen molar-refractivity contribution in [3.05, 3.63) is 0 Å². The SMILES string of the molecule is C[N+](C)(C)CCOP(=O)([O-])OCO. The van der Waals surface area contributed by atoms with Gasteiger partial charge in [0.15, 0.2) is 6.79 Å². The third-order valence-electron chi connectivity index (χ3n) is 1.23. The van der Waals surface area contributed by atoms with E-state index in [1.165, 1.54) is 0 Å². The molecule has 0 rings (SSSR count). The minimum absolute atomic E-state index is 0.0459. The molecule has 1 atom stereocenters. The maximum absolute atomic E-state index is 10.7. The second-order valence-corrected chi connectivity index (χ2v) is 4.96. The first kappa shape index (κ1) is 13.0. The Morgan fingerprint density at radius 1 is 1.38 bits per heavy atom. The smallest absolute Gasteiger partial charge is 0.270 e. The minimum Gasteiger partial charge on any atom is -0.756 e. The van der Waals surface area contributed by atoms with Gasteiger partial charge in [-0.1, -0.05) is 0 Å². The van der Waals surface area contributed by atoms with E-state index >= 15 is 0 Å². The van der Waals surface area contributed by atoms with Gasteiger partial charge in [-0.15, -0.1) is 0 Å². The summed E-state index contributed by atoms with van der Waals surface area (Å²) < 4.78 is 19.7. The first-order valence-electron chi connectivity index (χ1n) is 3.78. The van der Waals surface area contributed by atoms with Gasteiger partial charge in [0, 0.05) is 0 Å². The van der Waals surface area contributed by atoms with E-state index in [-0.39, 0.29) is 6.61 Å². The van der Waals surface area contributed by atoms with Crippen molar-refractivity contribution in [1.82, 2.24) is 0 Å². The number of quaternary nitrogens is 1. The highest BCUT2D eigenvalue weighted by Gasteiger charge is 2.12. The third kappa shape index (κ3) is 8.36. The molecule has 1 unspecified atom stereocenters. The average Bonchev–Trinajstić information content (AvgIpc) is 1.82. The summed E-state index contributed by atoms with van der Waals surface area (Å²) in [7, 11) is 1.44. The lowest BCUT2D eigenvalue weighted by Crippen LogP contribution is -2.37. The molecule has 0 aliphatic carbocycles. The fraction of sp³-hybridized carbons (Fsp3) is 1.00. The summed E-state index contributed by atoms with van der Waals surface area (Å²) in [5.41, 5.74) is 0. The molecule has 0 aliphatic heterocycles. The average molecular weight is 213 g/mol. The van der Waals surface area contributed by atoms with E-state index in [9.17, 15) is 9.46 Å².